The summed E-state index contributed by atoms with van der Waals surface area (Å²) in [6.07, 6.45) is 4.79. The van der Waals surface area contributed by atoms with Gasteiger partial charge in [0.25, 0.3) is 0 Å². The number of nitrogens with two attached hydrogens (primary N) is 1. The van der Waals surface area contributed by atoms with Crippen molar-refractivity contribution in [1.29, 1.82) is 0 Å². The minimum Gasteiger partial charge on any atom is -0.356 e. The number of nitrogen functional groups attached to an aromatic ring is 1. The van der Waals surface area contributed by atoms with E-state index in [9.17, 15) is 0 Å². The smallest absolute Gasteiger partial charge is 0.148 e. The molecule has 19 heavy (non-hydrogen) atoms. The van der Waals surface area contributed by atoms with E-state index < -0.39 is 0 Å². The van der Waals surface area contributed by atoms with Crippen molar-refractivity contribution in [1.82, 2.24) is 14.9 Å². The summed E-state index contributed by atoms with van der Waals surface area (Å²) in [6, 6.07) is 0.544. The molecule has 0 aromatic carbocycles. The average molecular weight is 264 g/mol. The normalized spacial score (nSPS) is 17.5. The number of anilines is 2. The van der Waals surface area contributed by atoms with Gasteiger partial charge in [-0.3, -0.25) is 0 Å². The molecule has 0 bridgehead atoms. The molecule has 0 aliphatic carbocycles. The van der Waals surface area contributed by atoms with Crippen LogP contribution in [-0.4, -0.2) is 48.1 Å². The standard InChI is InChI=1S/C13H24N6/c1-4-11-12(17-14)15-9-16-13(11)19(3)10-5-7-18(2)8-6-10/h9-10H,4-8,14H2,1-3H3,(H,15,16,17). The second kappa shape index (κ2) is 6.16. The van der Waals surface area contributed by atoms with E-state index in [1.807, 2.05) is 0 Å². The SMILES string of the molecule is CCc1c(NN)ncnc1N(C)C1CCN(C)CC1. The van der Waals surface area contributed by atoms with Gasteiger partial charge in [-0.2, -0.15) is 0 Å². The molecule has 2 rings (SSSR count). The fourth-order valence-electron chi connectivity index (χ4n) is 2.71. The number of hydrazine groups is 1. The van der Waals surface area contributed by atoms with Crippen LogP contribution in [-0.2, 0) is 6.42 Å². The van der Waals surface area contributed by atoms with E-state index in [2.05, 4.69) is 46.2 Å². The summed E-state index contributed by atoms with van der Waals surface area (Å²) in [4.78, 5) is 13.3. The third-order valence-corrected chi connectivity index (χ3v) is 3.98. The molecule has 0 atom stereocenters. The first-order valence-electron chi connectivity index (χ1n) is 6.89. The molecule has 0 radical (unpaired) electrons. The molecule has 1 aliphatic heterocycles. The number of aromatic nitrogens is 2. The maximum absolute atomic E-state index is 5.53. The zero-order valence-corrected chi connectivity index (χ0v) is 12.1. The van der Waals surface area contributed by atoms with Crippen molar-refractivity contribution in [2.24, 2.45) is 5.84 Å². The number of nitrogens with zero attached hydrogens (tertiary/aromatic N) is 4. The van der Waals surface area contributed by atoms with Crippen molar-refractivity contribution < 1.29 is 0 Å². The molecular weight excluding hydrogens is 240 g/mol. The molecule has 1 aromatic rings. The summed E-state index contributed by atoms with van der Waals surface area (Å²) in [5.74, 6) is 7.26. The van der Waals surface area contributed by atoms with Gasteiger partial charge >= 0.3 is 0 Å². The first-order valence-corrected chi connectivity index (χ1v) is 6.89. The summed E-state index contributed by atoms with van der Waals surface area (Å²) in [6.45, 7) is 4.39. The van der Waals surface area contributed by atoms with Gasteiger partial charge in [0.15, 0.2) is 0 Å². The van der Waals surface area contributed by atoms with Crippen molar-refractivity contribution in [3.05, 3.63) is 11.9 Å². The summed E-state index contributed by atoms with van der Waals surface area (Å²) < 4.78 is 0. The predicted octanol–water partition coefficient (Wildman–Crippen LogP) is 0.855. The third kappa shape index (κ3) is 2.96. The summed E-state index contributed by atoms with van der Waals surface area (Å²) in [5.41, 5.74) is 3.76. The van der Waals surface area contributed by atoms with Gasteiger partial charge in [-0.1, -0.05) is 6.92 Å². The Bertz CT molecular complexity index is 414. The maximum Gasteiger partial charge on any atom is 0.148 e. The Morgan fingerprint density at radius 3 is 2.68 bits per heavy atom. The van der Waals surface area contributed by atoms with Gasteiger partial charge in [0.1, 0.15) is 18.0 Å². The Morgan fingerprint density at radius 2 is 2.11 bits per heavy atom. The fraction of sp³-hybridized carbons (Fsp3) is 0.692. The molecule has 6 nitrogen and oxygen atoms in total. The largest absolute Gasteiger partial charge is 0.356 e. The molecule has 1 saturated heterocycles. The van der Waals surface area contributed by atoms with Crippen LogP contribution in [0.2, 0.25) is 0 Å². The van der Waals surface area contributed by atoms with Crippen LogP contribution in [0.4, 0.5) is 11.6 Å². The van der Waals surface area contributed by atoms with Crippen LogP contribution in [0.3, 0.4) is 0 Å². The van der Waals surface area contributed by atoms with Crippen LogP contribution in [0.5, 0.6) is 0 Å². The lowest BCUT2D eigenvalue weighted by Crippen LogP contribution is -2.42. The molecule has 0 amide bonds. The Labute approximate surface area is 115 Å². The first kappa shape index (κ1) is 14.0. The van der Waals surface area contributed by atoms with Crippen molar-refractivity contribution in [3.8, 4) is 0 Å². The third-order valence-electron chi connectivity index (χ3n) is 3.98. The highest BCUT2D eigenvalue weighted by Crippen LogP contribution is 2.26. The molecule has 1 fully saturated rings. The number of piperidine rings is 1. The van der Waals surface area contributed by atoms with Gasteiger partial charge in [-0.15, -0.1) is 0 Å². The number of likely N-dealkylation sites (tertiary alicyclic amines) is 1. The van der Waals surface area contributed by atoms with Gasteiger partial charge in [0, 0.05) is 18.7 Å². The van der Waals surface area contributed by atoms with Crippen molar-refractivity contribution >= 4 is 11.6 Å². The Kier molecular flexibility index (Phi) is 4.55. The Hall–Kier alpha value is -1.40. The van der Waals surface area contributed by atoms with Crippen LogP contribution in [0.1, 0.15) is 25.3 Å². The molecular formula is C13H24N6. The van der Waals surface area contributed by atoms with Crippen LogP contribution < -0.4 is 16.2 Å². The number of nitrogens with one attached hydrogen (secondary N) is 1. The molecule has 2 heterocycles. The van der Waals surface area contributed by atoms with Crippen LogP contribution in [0, 0.1) is 0 Å². The molecule has 1 aliphatic rings. The number of hydrogen-bond donors (Lipinski definition) is 2. The molecule has 106 valence electrons. The monoisotopic (exact) mass is 264 g/mol. The topological polar surface area (TPSA) is 70.3 Å². The minimum atomic E-state index is 0.544. The summed E-state index contributed by atoms with van der Waals surface area (Å²) >= 11 is 0. The molecule has 1 aromatic heterocycles. The van der Waals surface area contributed by atoms with Crippen LogP contribution in [0.15, 0.2) is 6.33 Å². The van der Waals surface area contributed by atoms with Crippen LogP contribution in [0.25, 0.3) is 0 Å². The van der Waals surface area contributed by atoms with E-state index >= 15 is 0 Å². The zero-order chi connectivity index (χ0) is 13.8. The van der Waals surface area contributed by atoms with Crippen molar-refractivity contribution in [2.75, 3.05) is 37.5 Å². The maximum atomic E-state index is 5.53. The molecule has 0 saturated carbocycles. The lowest BCUT2D eigenvalue weighted by Gasteiger charge is -2.36. The fourth-order valence-corrected chi connectivity index (χ4v) is 2.71. The van der Waals surface area contributed by atoms with Gasteiger partial charge in [0.2, 0.25) is 0 Å². The lowest BCUT2D eigenvalue weighted by molar-refractivity contribution is 0.252. The van der Waals surface area contributed by atoms with E-state index in [1.54, 1.807) is 6.33 Å². The van der Waals surface area contributed by atoms with E-state index in [4.69, 9.17) is 5.84 Å². The van der Waals surface area contributed by atoms with Gasteiger partial charge in [-0.25, -0.2) is 15.8 Å². The molecule has 0 unspecified atom stereocenters. The lowest BCUT2D eigenvalue weighted by atomic mass is 10.0. The Morgan fingerprint density at radius 1 is 1.42 bits per heavy atom. The molecule has 0 spiro atoms. The average Bonchev–Trinajstić information content (AvgIpc) is 2.46. The van der Waals surface area contributed by atoms with Crippen LogP contribution >= 0.6 is 0 Å². The second-order valence-corrected chi connectivity index (χ2v) is 5.17. The van der Waals surface area contributed by atoms with Crippen molar-refractivity contribution in [2.45, 2.75) is 32.2 Å². The van der Waals surface area contributed by atoms with E-state index in [-0.39, 0.29) is 0 Å². The Balaban J connectivity index is 2.21. The van der Waals surface area contributed by atoms with E-state index in [1.165, 1.54) is 12.8 Å². The highest BCUT2D eigenvalue weighted by molar-refractivity contribution is 5.58. The number of rotatable bonds is 4. The van der Waals surface area contributed by atoms with Gasteiger partial charge < -0.3 is 15.2 Å². The summed E-state index contributed by atoms with van der Waals surface area (Å²) in [7, 11) is 4.30. The predicted molar refractivity (Wildman–Crippen MR) is 78.1 cm³/mol. The first-order chi connectivity index (χ1) is 9.17. The summed E-state index contributed by atoms with van der Waals surface area (Å²) in [5, 5.41) is 0. The second-order valence-electron chi connectivity index (χ2n) is 5.17. The van der Waals surface area contributed by atoms with Crippen molar-refractivity contribution in [3.63, 3.8) is 0 Å². The van der Waals surface area contributed by atoms with Gasteiger partial charge in [-0.05, 0) is 39.4 Å². The minimum absolute atomic E-state index is 0.544. The highest BCUT2D eigenvalue weighted by Gasteiger charge is 2.23. The molecule has 3 N–H and O–H groups in total. The zero-order valence-electron chi connectivity index (χ0n) is 12.1. The number of hydrogen-bond acceptors (Lipinski definition) is 6. The molecule has 6 heteroatoms. The highest BCUT2D eigenvalue weighted by atomic mass is 15.3. The van der Waals surface area contributed by atoms with E-state index in [0.717, 1.165) is 36.7 Å². The van der Waals surface area contributed by atoms with E-state index in [0.29, 0.717) is 6.04 Å². The van der Waals surface area contributed by atoms with Gasteiger partial charge in [0.05, 0.1) is 0 Å². The quantitative estimate of drug-likeness (QED) is 0.621.